The van der Waals surface area contributed by atoms with E-state index < -0.39 is 0 Å². The second kappa shape index (κ2) is 7.48. The van der Waals surface area contributed by atoms with Gasteiger partial charge in [0.25, 0.3) is 5.91 Å². The summed E-state index contributed by atoms with van der Waals surface area (Å²) in [7, 11) is 0. The second-order valence-corrected chi connectivity index (χ2v) is 7.07. The minimum atomic E-state index is -0.180. The van der Waals surface area contributed by atoms with Crippen molar-refractivity contribution in [1.82, 2.24) is 20.5 Å². The summed E-state index contributed by atoms with van der Waals surface area (Å²) < 4.78 is 4.95. The van der Waals surface area contributed by atoms with Crippen molar-refractivity contribution in [3.63, 3.8) is 0 Å². The van der Waals surface area contributed by atoms with Crippen LogP contribution in [0.3, 0.4) is 0 Å². The Morgan fingerprint density at radius 1 is 1.42 bits per heavy atom. The molecule has 1 aliphatic rings. The van der Waals surface area contributed by atoms with Crippen molar-refractivity contribution in [2.45, 2.75) is 32.4 Å². The van der Waals surface area contributed by atoms with Gasteiger partial charge in [0.05, 0.1) is 23.4 Å². The van der Waals surface area contributed by atoms with E-state index in [0.717, 1.165) is 22.7 Å². The molecule has 3 rings (SSSR count). The molecule has 8 heteroatoms. The highest BCUT2D eigenvalue weighted by atomic mass is 32.1. The molecule has 1 saturated heterocycles. The van der Waals surface area contributed by atoms with Crippen molar-refractivity contribution >= 4 is 23.3 Å². The fourth-order valence-corrected chi connectivity index (χ4v) is 3.42. The van der Waals surface area contributed by atoms with E-state index in [1.165, 1.54) is 12.5 Å². The van der Waals surface area contributed by atoms with Crippen molar-refractivity contribution in [3.8, 4) is 0 Å². The topological polar surface area (TPSA) is 87.5 Å². The van der Waals surface area contributed by atoms with E-state index in [9.17, 15) is 9.59 Å². The quantitative estimate of drug-likeness (QED) is 0.886. The lowest BCUT2D eigenvalue weighted by Gasteiger charge is -2.32. The molecule has 0 bridgehead atoms. The predicted molar refractivity (Wildman–Crippen MR) is 89.9 cm³/mol. The largest absolute Gasteiger partial charge is 0.472 e. The van der Waals surface area contributed by atoms with Gasteiger partial charge in [-0.3, -0.25) is 4.79 Å². The Labute approximate surface area is 144 Å². The highest BCUT2D eigenvalue weighted by molar-refractivity contribution is 7.11. The van der Waals surface area contributed by atoms with E-state index in [0.29, 0.717) is 25.2 Å². The maximum atomic E-state index is 12.2. The van der Waals surface area contributed by atoms with Crippen LogP contribution in [0.2, 0.25) is 0 Å². The van der Waals surface area contributed by atoms with Gasteiger partial charge in [0, 0.05) is 30.2 Å². The summed E-state index contributed by atoms with van der Waals surface area (Å²) in [6.45, 7) is 3.67. The smallest absolute Gasteiger partial charge is 0.315 e. The average molecular weight is 348 g/mol. The minimum absolute atomic E-state index is 0.0211. The summed E-state index contributed by atoms with van der Waals surface area (Å²) in [5.74, 6) is -0.0211. The maximum Gasteiger partial charge on any atom is 0.315 e. The third kappa shape index (κ3) is 4.14. The standard InChI is InChI=1S/C16H20N4O3S/c1-11-17-8-14(24-11)9-18-16(22)19-13-2-5-20(6-3-13)15(21)12-4-7-23-10-12/h4,7-8,10,13H,2-3,5-6,9H2,1H3,(H2,18,19,22). The predicted octanol–water partition coefficient (Wildman–Crippen LogP) is 2.15. The minimum Gasteiger partial charge on any atom is -0.472 e. The zero-order valence-electron chi connectivity index (χ0n) is 13.4. The number of carbonyl (C=O) groups is 2. The van der Waals surface area contributed by atoms with Gasteiger partial charge in [-0.25, -0.2) is 9.78 Å². The van der Waals surface area contributed by atoms with Crippen LogP contribution in [0.1, 0.15) is 33.1 Å². The van der Waals surface area contributed by atoms with Crippen molar-refractivity contribution in [2.24, 2.45) is 0 Å². The van der Waals surface area contributed by atoms with Crippen molar-refractivity contribution in [2.75, 3.05) is 13.1 Å². The van der Waals surface area contributed by atoms with Gasteiger partial charge < -0.3 is 20.0 Å². The Morgan fingerprint density at radius 2 is 2.21 bits per heavy atom. The number of furan rings is 1. The van der Waals surface area contributed by atoms with Crippen LogP contribution < -0.4 is 10.6 Å². The average Bonchev–Trinajstić information content (AvgIpc) is 3.25. The number of rotatable bonds is 4. The number of thiazole rings is 1. The molecule has 24 heavy (non-hydrogen) atoms. The molecule has 1 fully saturated rings. The number of nitrogens with one attached hydrogen (secondary N) is 2. The third-order valence-electron chi connectivity index (χ3n) is 3.98. The molecule has 2 N–H and O–H groups in total. The van der Waals surface area contributed by atoms with Gasteiger partial charge in [-0.2, -0.15) is 0 Å². The summed E-state index contributed by atoms with van der Waals surface area (Å²) in [5, 5.41) is 6.80. The third-order valence-corrected chi connectivity index (χ3v) is 4.89. The number of hydrogen-bond acceptors (Lipinski definition) is 5. The zero-order valence-corrected chi connectivity index (χ0v) is 14.3. The van der Waals surface area contributed by atoms with E-state index in [1.807, 2.05) is 6.92 Å². The number of carbonyl (C=O) groups excluding carboxylic acids is 2. The van der Waals surface area contributed by atoms with Gasteiger partial charge in [-0.05, 0) is 25.8 Å². The van der Waals surface area contributed by atoms with E-state index in [2.05, 4.69) is 15.6 Å². The lowest BCUT2D eigenvalue weighted by Crippen LogP contribution is -2.48. The number of piperidine rings is 1. The molecule has 7 nitrogen and oxygen atoms in total. The van der Waals surface area contributed by atoms with Gasteiger partial charge in [-0.1, -0.05) is 0 Å². The summed E-state index contributed by atoms with van der Waals surface area (Å²) >= 11 is 1.57. The normalized spacial score (nSPS) is 15.3. The molecule has 0 radical (unpaired) electrons. The molecule has 3 amide bonds. The zero-order chi connectivity index (χ0) is 16.9. The fraction of sp³-hybridized carbons (Fsp3) is 0.438. The number of urea groups is 1. The molecular weight excluding hydrogens is 328 g/mol. The maximum absolute atomic E-state index is 12.2. The Bertz CT molecular complexity index is 690. The molecule has 1 aliphatic heterocycles. The lowest BCUT2D eigenvalue weighted by atomic mass is 10.0. The number of amides is 3. The summed E-state index contributed by atoms with van der Waals surface area (Å²) in [6.07, 6.45) is 6.23. The first-order valence-corrected chi connectivity index (χ1v) is 8.70. The van der Waals surface area contributed by atoms with Crippen molar-refractivity contribution in [3.05, 3.63) is 40.2 Å². The monoisotopic (exact) mass is 348 g/mol. The first-order chi connectivity index (χ1) is 11.6. The number of nitrogens with zero attached hydrogens (tertiary/aromatic N) is 2. The Hall–Kier alpha value is -2.35. The number of aromatic nitrogens is 1. The Kier molecular flexibility index (Phi) is 5.14. The fourth-order valence-electron chi connectivity index (χ4n) is 2.69. The number of hydrogen-bond donors (Lipinski definition) is 2. The molecule has 3 heterocycles. The Balaban J connectivity index is 1.40. The van der Waals surface area contributed by atoms with Crippen LogP contribution >= 0.6 is 11.3 Å². The van der Waals surface area contributed by atoms with Crippen LogP contribution in [-0.2, 0) is 6.54 Å². The second-order valence-electron chi connectivity index (χ2n) is 5.75. The van der Waals surface area contributed by atoms with Crippen LogP contribution in [0.25, 0.3) is 0 Å². The van der Waals surface area contributed by atoms with Crippen LogP contribution in [0.15, 0.2) is 29.2 Å². The van der Waals surface area contributed by atoms with E-state index in [4.69, 9.17) is 4.42 Å². The van der Waals surface area contributed by atoms with Gasteiger partial charge in [-0.15, -0.1) is 11.3 Å². The van der Waals surface area contributed by atoms with Crippen LogP contribution in [0.4, 0.5) is 4.79 Å². The van der Waals surface area contributed by atoms with Crippen LogP contribution in [0, 0.1) is 6.92 Å². The van der Waals surface area contributed by atoms with Crippen molar-refractivity contribution in [1.29, 1.82) is 0 Å². The summed E-state index contributed by atoms with van der Waals surface area (Å²) in [5.41, 5.74) is 0.569. The number of likely N-dealkylation sites (tertiary alicyclic amines) is 1. The van der Waals surface area contributed by atoms with Crippen LogP contribution in [0.5, 0.6) is 0 Å². The molecule has 0 unspecified atom stereocenters. The van der Waals surface area contributed by atoms with Gasteiger partial charge >= 0.3 is 6.03 Å². The highest BCUT2D eigenvalue weighted by Gasteiger charge is 2.25. The molecule has 128 valence electrons. The van der Waals surface area contributed by atoms with E-state index in [1.54, 1.807) is 28.5 Å². The summed E-state index contributed by atoms with van der Waals surface area (Å²) in [4.78, 5) is 31.2. The molecule has 2 aromatic heterocycles. The lowest BCUT2D eigenvalue weighted by molar-refractivity contribution is 0.0707. The first-order valence-electron chi connectivity index (χ1n) is 7.89. The van der Waals surface area contributed by atoms with Gasteiger partial charge in [0.1, 0.15) is 6.26 Å². The SMILES string of the molecule is Cc1ncc(CNC(=O)NC2CCN(C(=O)c3ccoc3)CC2)s1. The molecule has 0 saturated carbocycles. The molecule has 0 aromatic carbocycles. The molecule has 2 aromatic rings. The van der Waals surface area contributed by atoms with E-state index >= 15 is 0 Å². The molecular formula is C16H20N4O3S. The van der Waals surface area contributed by atoms with E-state index in [-0.39, 0.29) is 18.0 Å². The van der Waals surface area contributed by atoms with Crippen LogP contribution in [-0.4, -0.2) is 41.0 Å². The van der Waals surface area contributed by atoms with Gasteiger partial charge in [0.2, 0.25) is 0 Å². The Morgan fingerprint density at radius 3 is 2.83 bits per heavy atom. The molecule has 0 spiro atoms. The molecule has 0 aliphatic carbocycles. The summed E-state index contributed by atoms with van der Waals surface area (Å²) in [6, 6.07) is 1.57. The highest BCUT2D eigenvalue weighted by Crippen LogP contribution is 2.14. The van der Waals surface area contributed by atoms with Crippen molar-refractivity contribution < 1.29 is 14.0 Å². The first kappa shape index (κ1) is 16.5. The molecule has 0 atom stereocenters. The number of aryl methyl sites for hydroxylation is 1. The van der Waals surface area contributed by atoms with Gasteiger partial charge in [0.15, 0.2) is 0 Å².